The van der Waals surface area contributed by atoms with Gasteiger partial charge in [0.25, 0.3) is 0 Å². The number of ether oxygens (including phenoxy) is 1. The van der Waals surface area contributed by atoms with Crippen LogP contribution >= 0.6 is 0 Å². The lowest BCUT2D eigenvalue weighted by Gasteiger charge is -2.01. The standard InChI is InChI=1S/C8H12O5S/c1-13-8(10)5-14(11,12)4-7(9)6-2-3-6/h6H,2-5H2,1H3. The number of hydrogen-bond acceptors (Lipinski definition) is 5. The highest BCUT2D eigenvalue weighted by Gasteiger charge is 2.33. The highest BCUT2D eigenvalue weighted by atomic mass is 32.2. The topological polar surface area (TPSA) is 77.5 Å². The minimum atomic E-state index is -3.62. The molecule has 0 atom stereocenters. The SMILES string of the molecule is COC(=O)CS(=O)(=O)CC(=O)C1CC1. The number of ketones is 1. The van der Waals surface area contributed by atoms with E-state index in [-0.39, 0.29) is 11.7 Å². The van der Waals surface area contributed by atoms with Crippen molar-refractivity contribution in [3.05, 3.63) is 0 Å². The molecule has 0 aliphatic heterocycles. The van der Waals surface area contributed by atoms with Gasteiger partial charge in [-0.05, 0) is 12.8 Å². The molecule has 0 heterocycles. The molecule has 1 fully saturated rings. The van der Waals surface area contributed by atoms with Crippen molar-refractivity contribution in [1.82, 2.24) is 0 Å². The Hall–Kier alpha value is -0.910. The molecule has 1 aliphatic rings. The minimum absolute atomic E-state index is 0.0950. The maximum atomic E-state index is 11.2. The summed E-state index contributed by atoms with van der Waals surface area (Å²) in [5.74, 6) is -2.45. The Morgan fingerprint density at radius 2 is 1.86 bits per heavy atom. The van der Waals surface area contributed by atoms with Crippen molar-refractivity contribution >= 4 is 21.6 Å². The Bertz CT molecular complexity index is 339. The first-order chi connectivity index (χ1) is 6.44. The van der Waals surface area contributed by atoms with Gasteiger partial charge in [0, 0.05) is 5.92 Å². The first-order valence-corrected chi connectivity index (χ1v) is 6.06. The summed E-state index contributed by atoms with van der Waals surface area (Å²) in [6.45, 7) is 0. The number of Topliss-reactive ketones (excluding diaryl/α,β-unsaturated/α-hetero) is 1. The van der Waals surface area contributed by atoms with E-state index in [1.807, 2.05) is 0 Å². The van der Waals surface area contributed by atoms with Gasteiger partial charge in [0.15, 0.2) is 15.6 Å². The van der Waals surface area contributed by atoms with Gasteiger partial charge in [0.2, 0.25) is 0 Å². The fourth-order valence-electron chi connectivity index (χ4n) is 1.03. The molecule has 0 unspecified atom stereocenters. The van der Waals surface area contributed by atoms with E-state index in [1.165, 1.54) is 0 Å². The Labute approximate surface area is 82.4 Å². The Kier molecular flexibility index (Phi) is 3.25. The first-order valence-electron chi connectivity index (χ1n) is 4.24. The van der Waals surface area contributed by atoms with Crippen LogP contribution in [0.15, 0.2) is 0 Å². The number of rotatable bonds is 5. The smallest absolute Gasteiger partial charge is 0.320 e. The summed E-state index contributed by atoms with van der Waals surface area (Å²) in [6, 6.07) is 0. The fourth-order valence-corrected chi connectivity index (χ4v) is 2.28. The molecule has 1 saturated carbocycles. The summed E-state index contributed by atoms with van der Waals surface area (Å²) in [5, 5.41) is 0. The van der Waals surface area contributed by atoms with Gasteiger partial charge < -0.3 is 4.74 Å². The average Bonchev–Trinajstić information content (AvgIpc) is 2.84. The van der Waals surface area contributed by atoms with E-state index in [4.69, 9.17) is 0 Å². The second-order valence-electron chi connectivity index (χ2n) is 3.35. The van der Waals surface area contributed by atoms with Crippen LogP contribution in [0.1, 0.15) is 12.8 Å². The van der Waals surface area contributed by atoms with Gasteiger partial charge in [-0.1, -0.05) is 0 Å². The summed E-state index contributed by atoms with van der Waals surface area (Å²) in [4.78, 5) is 21.8. The van der Waals surface area contributed by atoms with Gasteiger partial charge in [-0.25, -0.2) is 8.42 Å². The van der Waals surface area contributed by atoms with E-state index < -0.39 is 27.3 Å². The van der Waals surface area contributed by atoms with Gasteiger partial charge in [-0.2, -0.15) is 0 Å². The zero-order valence-corrected chi connectivity index (χ0v) is 8.67. The molecule has 0 aromatic rings. The zero-order valence-electron chi connectivity index (χ0n) is 7.86. The molecule has 0 saturated heterocycles. The Balaban J connectivity index is 2.48. The highest BCUT2D eigenvalue weighted by molar-refractivity contribution is 7.92. The molecule has 1 rings (SSSR count). The third-order valence-corrected chi connectivity index (χ3v) is 3.36. The van der Waals surface area contributed by atoms with E-state index in [0.29, 0.717) is 0 Å². The molecular formula is C8H12O5S. The summed E-state index contributed by atoms with van der Waals surface area (Å²) in [5.41, 5.74) is 0. The van der Waals surface area contributed by atoms with Crippen LogP contribution in [-0.2, 0) is 24.2 Å². The Morgan fingerprint density at radius 3 is 2.29 bits per heavy atom. The molecular weight excluding hydrogens is 208 g/mol. The summed E-state index contributed by atoms with van der Waals surface area (Å²) in [6.07, 6.45) is 1.54. The van der Waals surface area contributed by atoms with Crippen LogP contribution < -0.4 is 0 Å². The summed E-state index contributed by atoms with van der Waals surface area (Å²) >= 11 is 0. The van der Waals surface area contributed by atoms with Crippen LogP contribution in [0, 0.1) is 5.92 Å². The molecule has 0 aromatic carbocycles. The number of sulfone groups is 1. The fraction of sp³-hybridized carbons (Fsp3) is 0.750. The minimum Gasteiger partial charge on any atom is -0.468 e. The first kappa shape index (κ1) is 11.2. The van der Waals surface area contributed by atoms with Crippen LogP contribution in [0.4, 0.5) is 0 Å². The normalized spacial score (nSPS) is 16.4. The molecule has 0 amide bonds. The summed E-state index contributed by atoms with van der Waals surface area (Å²) in [7, 11) is -2.51. The summed E-state index contributed by atoms with van der Waals surface area (Å²) < 4.78 is 26.7. The number of methoxy groups -OCH3 is 1. The van der Waals surface area contributed by atoms with Crippen molar-refractivity contribution in [3.8, 4) is 0 Å². The van der Waals surface area contributed by atoms with Crippen molar-refractivity contribution in [1.29, 1.82) is 0 Å². The molecule has 0 aromatic heterocycles. The van der Waals surface area contributed by atoms with E-state index in [1.54, 1.807) is 0 Å². The molecule has 6 heteroatoms. The van der Waals surface area contributed by atoms with Crippen molar-refractivity contribution in [2.75, 3.05) is 18.6 Å². The molecule has 0 bridgehead atoms. The van der Waals surface area contributed by atoms with E-state index >= 15 is 0 Å². The number of carbonyl (C=O) groups is 2. The monoisotopic (exact) mass is 220 g/mol. The van der Waals surface area contributed by atoms with E-state index in [2.05, 4.69) is 4.74 Å². The van der Waals surface area contributed by atoms with Gasteiger partial charge in [0.1, 0.15) is 11.5 Å². The van der Waals surface area contributed by atoms with Gasteiger partial charge in [-0.15, -0.1) is 0 Å². The lowest BCUT2D eigenvalue weighted by molar-refractivity contribution is -0.137. The lowest BCUT2D eigenvalue weighted by Crippen LogP contribution is -2.25. The van der Waals surface area contributed by atoms with Crippen LogP contribution in [0.3, 0.4) is 0 Å². The van der Waals surface area contributed by atoms with Crippen LogP contribution in [0.5, 0.6) is 0 Å². The van der Waals surface area contributed by atoms with Gasteiger partial charge in [0.05, 0.1) is 7.11 Å². The average molecular weight is 220 g/mol. The predicted molar refractivity (Wildman–Crippen MR) is 48.4 cm³/mol. The highest BCUT2D eigenvalue weighted by Crippen LogP contribution is 2.30. The third kappa shape index (κ3) is 3.45. The Morgan fingerprint density at radius 1 is 1.29 bits per heavy atom. The molecule has 0 spiro atoms. The molecule has 5 nitrogen and oxygen atoms in total. The van der Waals surface area contributed by atoms with Crippen molar-refractivity contribution in [2.24, 2.45) is 5.92 Å². The van der Waals surface area contributed by atoms with Crippen LogP contribution in [0.2, 0.25) is 0 Å². The quantitative estimate of drug-likeness (QED) is 0.587. The zero-order chi connectivity index (χ0) is 10.8. The number of esters is 1. The predicted octanol–water partition coefficient (Wildman–Crippen LogP) is -0.447. The second kappa shape index (κ2) is 4.08. The third-order valence-electron chi connectivity index (χ3n) is 1.96. The second-order valence-corrected chi connectivity index (χ2v) is 5.41. The maximum Gasteiger partial charge on any atom is 0.320 e. The van der Waals surface area contributed by atoms with E-state index in [0.717, 1.165) is 20.0 Å². The van der Waals surface area contributed by atoms with Crippen molar-refractivity contribution in [2.45, 2.75) is 12.8 Å². The number of carbonyl (C=O) groups excluding carboxylic acids is 2. The van der Waals surface area contributed by atoms with Crippen molar-refractivity contribution in [3.63, 3.8) is 0 Å². The number of hydrogen-bond donors (Lipinski definition) is 0. The largest absolute Gasteiger partial charge is 0.468 e. The molecule has 14 heavy (non-hydrogen) atoms. The molecule has 0 radical (unpaired) electrons. The molecule has 0 N–H and O–H groups in total. The molecule has 1 aliphatic carbocycles. The lowest BCUT2D eigenvalue weighted by atomic mass is 10.3. The van der Waals surface area contributed by atoms with Gasteiger partial charge in [-0.3, -0.25) is 9.59 Å². The molecule has 80 valence electrons. The van der Waals surface area contributed by atoms with Crippen LogP contribution in [0.25, 0.3) is 0 Å². The van der Waals surface area contributed by atoms with E-state index in [9.17, 15) is 18.0 Å². The maximum absolute atomic E-state index is 11.2. The van der Waals surface area contributed by atoms with Crippen molar-refractivity contribution < 1.29 is 22.7 Å². The van der Waals surface area contributed by atoms with Gasteiger partial charge >= 0.3 is 5.97 Å². The van der Waals surface area contributed by atoms with Crippen LogP contribution in [-0.4, -0.2) is 38.8 Å².